The van der Waals surface area contributed by atoms with Gasteiger partial charge in [-0.05, 0) is 60.9 Å². The van der Waals surface area contributed by atoms with Crippen LogP contribution in [0.4, 0.5) is 5.69 Å². The SMILES string of the molecule is O=C(Cc1ccc(Br)cc1)Nc1cccc(Oc2ccc3c(c2)C(=O)N(CC2CCCO2)C3=O)c1. The minimum absolute atomic E-state index is 0.102. The number of ether oxygens (including phenoxy) is 2. The largest absolute Gasteiger partial charge is 0.457 e. The molecule has 0 bridgehead atoms. The third-order valence-corrected chi connectivity index (χ3v) is 6.51. The fourth-order valence-electron chi connectivity index (χ4n) is 4.26. The van der Waals surface area contributed by atoms with Crippen molar-refractivity contribution in [1.29, 1.82) is 0 Å². The number of imide groups is 1. The van der Waals surface area contributed by atoms with E-state index >= 15 is 0 Å². The van der Waals surface area contributed by atoms with E-state index in [1.54, 1.807) is 42.5 Å². The standard InChI is InChI=1S/C27H23BrN2O5/c28-18-8-6-17(7-9-18)13-25(31)29-19-3-1-4-20(14-19)35-21-10-11-23-24(15-21)27(33)30(26(23)32)16-22-5-2-12-34-22/h1,3-4,6-11,14-15,22H,2,5,12-13,16H2,(H,29,31). The average Bonchev–Trinajstić information content (AvgIpc) is 3.44. The molecule has 7 nitrogen and oxygen atoms in total. The van der Waals surface area contributed by atoms with Gasteiger partial charge in [0.2, 0.25) is 5.91 Å². The second kappa shape index (κ2) is 10.0. The van der Waals surface area contributed by atoms with Crippen LogP contribution < -0.4 is 10.1 Å². The van der Waals surface area contributed by atoms with Crippen molar-refractivity contribution < 1.29 is 23.9 Å². The molecule has 0 aromatic heterocycles. The van der Waals surface area contributed by atoms with E-state index < -0.39 is 0 Å². The minimum Gasteiger partial charge on any atom is -0.457 e. The highest BCUT2D eigenvalue weighted by Gasteiger charge is 2.37. The molecule has 5 rings (SSSR count). The summed E-state index contributed by atoms with van der Waals surface area (Å²) in [6, 6.07) is 19.5. The van der Waals surface area contributed by atoms with E-state index in [0.717, 1.165) is 22.9 Å². The maximum Gasteiger partial charge on any atom is 0.261 e. The zero-order chi connectivity index (χ0) is 24.4. The second-order valence-corrected chi connectivity index (χ2v) is 9.46. The fraction of sp³-hybridized carbons (Fsp3) is 0.222. The number of halogens is 1. The number of nitrogens with zero attached hydrogens (tertiary/aromatic N) is 1. The van der Waals surface area contributed by atoms with Crippen molar-refractivity contribution in [3.63, 3.8) is 0 Å². The molecular formula is C27H23BrN2O5. The quantitative estimate of drug-likeness (QED) is 0.421. The Bertz CT molecular complexity index is 1280. The molecule has 1 saturated heterocycles. The summed E-state index contributed by atoms with van der Waals surface area (Å²) < 4.78 is 12.5. The summed E-state index contributed by atoms with van der Waals surface area (Å²) >= 11 is 3.39. The summed E-state index contributed by atoms with van der Waals surface area (Å²) in [7, 11) is 0. The van der Waals surface area contributed by atoms with E-state index in [1.807, 2.05) is 24.3 Å². The summed E-state index contributed by atoms with van der Waals surface area (Å²) in [5, 5.41) is 2.88. The van der Waals surface area contributed by atoms with E-state index in [2.05, 4.69) is 21.2 Å². The van der Waals surface area contributed by atoms with Crippen LogP contribution in [-0.2, 0) is 16.0 Å². The van der Waals surface area contributed by atoms with Crippen LogP contribution in [0.3, 0.4) is 0 Å². The molecule has 0 spiro atoms. The summed E-state index contributed by atoms with van der Waals surface area (Å²) in [4.78, 5) is 39.3. The predicted molar refractivity (Wildman–Crippen MR) is 134 cm³/mol. The number of hydrogen-bond donors (Lipinski definition) is 1. The van der Waals surface area contributed by atoms with Crippen molar-refractivity contribution >= 4 is 39.3 Å². The number of fused-ring (bicyclic) bond motifs is 1. The van der Waals surface area contributed by atoms with Crippen LogP contribution in [0.15, 0.2) is 71.2 Å². The molecule has 0 aliphatic carbocycles. The lowest BCUT2D eigenvalue weighted by atomic mass is 10.1. The molecule has 178 valence electrons. The zero-order valence-corrected chi connectivity index (χ0v) is 20.4. The Morgan fingerprint density at radius 2 is 1.77 bits per heavy atom. The van der Waals surface area contributed by atoms with Gasteiger partial charge in [-0.3, -0.25) is 19.3 Å². The molecule has 1 fully saturated rings. The number of carbonyl (C=O) groups excluding carboxylic acids is 3. The molecule has 3 aromatic carbocycles. The van der Waals surface area contributed by atoms with E-state index in [1.165, 1.54) is 4.90 Å². The second-order valence-electron chi connectivity index (χ2n) is 8.54. The smallest absolute Gasteiger partial charge is 0.261 e. The Morgan fingerprint density at radius 1 is 1.00 bits per heavy atom. The molecule has 35 heavy (non-hydrogen) atoms. The van der Waals surface area contributed by atoms with Crippen molar-refractivity contribution in [3.8, 4) is 11.5 Å². The summed E-state index contributed by atoms with van der Waals surface area (Å²) in [5.41, 5.74) is 2.20. The molecule has 2 heterocycles. The minimum atomic E-state index is -0.333. The van der Waals surface area contributed by atoms with Gasteiger partial charge in [-0.25, -0.2) is 0 Å². The van der Waals surface area contributed by atoms with Gasteiger partial charge >= 0.3 is 0 Å². The zero-order valence-electron chi connectivity index (χ0n) is 18.8. The Hall–Kier alpha value is -3.49. The van der Waals surface area contributed by atoms with Gasteiger partial charge in [0, 0.05) is 22.8 Å². The lowest BCUT2D eigenvalue weighted by Crippen LogP contribution is -2.36. The van der Waals surface area contributed by atoms with Crippen molar-refractivity contribution in [2.75, 3.05) is 18.5 Å². The van der Waals surface area contributed by atoms with E-state index in [4.69, 9.17) is 9.47 Å². The molecule has 1 N–H and O–H groups in total. The van der Waals surface area contributed by atoms with Crippen LogP contribution in [0, 0.1) is 0 Å². The molecule has 1 atom stereocenters. The fourth-order valence-corrected chi connectivity index (χ4v) is 4.52. The highest BCUT2D eigenvalue weighted by atomic mass is 79.9. The first kappa shape index (κ1) is 23.3. The molecule has 8 heteroatoms. The number of hydrogen-bond acceptors (Lipinski definition) is 5. The van der Waals surface area contributed by atoms with Gasteiger partial charge in [-0.15, -0.1) is 0 Å². The highest BCUT2D eigenvalue weighted by Crippen LogP contribution is 2.31. The van der Waals surface area contributed by atoms with Crippen molar-refractivity contribution in [2.45, 2.75) is 25.4 Å². The predicted octanol–water partition coefficient (Wildman–Crippen LogP) is 5.20. The summed E-state index contributed by atoms with van der Waals surface area (Å²) in [6.07, 6.45) is 1.93. The Labute approximate surface area is 211 Å². The average molecular weight is 535 g/mol. The molecule has 0 radical (unpaired) electrons. The Balaban J connectivity index is 1.25. The van der Waals surface area contributed by atoms with Crippen LogP contribution in [0.5, 0.6) is 11.5 Å². The van der Waals surface area contributed by atoms with E-state index in [-0.39, 0.29) is 36.8 Å². The van der Waals surface area contributed by atoms with Gasteiger partial charge < -0.3 is 14.8 Å². The third kappa shape index (κ3) is 5.28. The third-order valence-electron chi connectivity index (χ3n) is 5.98. The van der Waals surface area contributed by atoms with Crippen LogP contribution in [0.1, 0.15) is 39.1 Å². The van der Waals surface area contributed by atoms with Crippen molar-refractivity contribution in [1.82, 2.24) is 4.90 Å². The molecule has 2 aliphatic heterocycles. The van der Waals surface area contributed by atoms with Crippen molar-refractivity contribution in [3.05, 3.63) is 87.9 Å². The van der Waals surface area contributed by atoms with Gasteiger partial charge in [0.1, 0.15) is 11.5 Å². The lowest BCUT2D eigenvalue weighted by molar-refractivity contribution is -0.115. The van der Waals surface area contributed by atoms with Crippen LogP contribution in [-0.4, -0.2) is 41.9 Å². The molecule has 2 aliphatic rings. The van der Waals surface area contributed by atoms with Crippen molar-refractivity contribution in [2.24, 2.45) is 0 Å². The van der Waals surface area contributed by atoms with Gasteiger partial charge in [-0.2, -0.15) is 0 Å². The number of amides is 3. The molecule has 1 unspecified atom stereocenters. The van der Waals surface area contributed by atoms with Gasteiger partial charge in [0.25, 0.3) is 11.8 Å². The topological polar surface area (TPSA) is 84.9 Å². The monoisotopic (exact) mass is 534 g/mol. The van der Waals surface area contributed by atoms with Crippen LogP contribution >= 0.6 is 15.9 Å². The molecular weight excluding hydrogens is 512 g/mol. The number of anilines is 1. The van der Waals surface area contributed by atoms with Gasteiger partial charge in [-0.1, -0.05) is 34.1 Å². The first-order chi connectivity index (χ1) is 17.0. The maximum absolute atomic E-state index is 12.9. The molecule has 3 aromatic rings. The van der Waals surface area contributed by atoms with Crippen LogP contribution in [0.2, 0.25) is 0 Å². The van der Waals surface area contributed by atoms with Gasteiger partial charge in [0.05, 0.1) is 30.2 Å². The normalized spacial score (nSPS) is 16.9. The first-order valence-corrected chi connectivity index (χ1v) is 12.2. The van der Waals surface area contributed by atoms with Gasteiger partial charge in [0.15, 0.2) is 0 Å². The highest BCUT2D eigenvalue weighted by molar-refractivity contribution is 9.10. The molecule has 0 saturated carbocycles. The number of rotatable bonds is 7. The van der Waals surface area contributed by atoms with Crippen LogP contribution in [0.25, 0.3) is 0 Å². The number of carbonyl (C=O) groups is 3. The Kier molecular flexibility index (Phi) is 6.66. The summed E-state index contributed by atoms with van der Waals surface area (Å²) in [5.74, 6) is 0.154. The number of nitrogens with one attached hydrogen (secondary N) is 1. The number of benzene rings is 3. The maximum atomic E-state index is 12.9. The summed E-state index contributed by atoms with van der Waals surface area (Å²) in [6.45, 7) is 0.931. The Morgan fingerprint density at radius 3 is 2.54 bits per heavy atom. The molecule has 3 amide bonds. The lowest BCUT2D eigenvalue weighted by Gasteiger charge is -2.17. The van der Waals surface area contributed by atoms with E-state index in [9.17, 15) is 14.4 Å². The first-order valence-electron chi connectivity index (χ1n) is 11.4. The van der Waals surface area contributed by atoms with E-state index in [0.29, 0.717) is 34.9 Å².